The standard InChI is InChI=1S/C19H34/c1-7-11-12-13-14-17(9-3)18(10-4)16-19(5,6)15-8-2/h7-8,16-17H,1-2,9-15H2,3-6H3/b18-16+. The molecule has 0 aromatic heterocycles. The Hall–Kier alpha value is -0.780. The topological polar surface area (TPSA) is 0 Å². The maximum Gasteiger partial charge on any atom is -0.0138 e. The van der Waals surface area contributed by atoms with Crippen molar-refractivity contribution in [3.8, 4) is 0 Å². The van der Waals surface area contributed by atoms with E-state index < -0.39 is 0 Å². The summed E-state index contributed by atoms with van der Waals surface area (Å²) in [5.41, 5.74) is 1.90. The Kier molecular flexibility index (Phi) is 9.65. The molecular weight excluding hydrogens is 228 g/mol. The van der Waals surface area contributed by atoms with Gasteiger partial charge in [-0.05, 0) is 49.9 Å². The minimum atomic E-state index is 0.252. The fourth-order valence-electron chi connectivity index (χ4n) is 2.77. The third-order valence-electron chi connectivity index (χ3n) is 3.88. The molecule has 1 unspecified atom stereocenters. The van der Waals surface area contributed by atoms with Gasteiger partial charge in [-0.2, -0.15) is 0 Å². The molecular formula is C19H34. The summed E-state index contributed by atoms with van der Waals surface area (Å²) >= 11 is 0. The molecule has 0 amide bonds. The van der Waals surface area contributed by atoms with Gasteiger partial charge in [-0.15, -0.1) is 13.2 Å². The molecule has 0 aromatic rings. The van der Waals surface area contributed by atoms with E-state index in [1.165, 1.54) is 32.1 Å². The first-order chi connectivity index (χ1) is 9.00. The normalized spacial score (nSPS) is 14.2. The predicted molar refractivity (Wildman–Crippen MR) is 89.4 cm³/mol. The summed E-state index contributed by atoms with van der Waals surface area (Å²) in [5.74, 6) is 0.763. The van der Waals surface area contributed by atoms with E-state index in [9.17, 15) is 0 Å². The molecule has 0 saturated heterocycles. The minimum absolute atomic E-state index is 0.252. The van der Waals surface area contributed by atoms with Gasteiger partial charge in [0.25, 0.3) is 0 Å². The molecule has 0 nitrogen and oxygen atoms in total. The first kappa shape index (κ1) is 18.2. The van der Waals surface area contributed by atoms with Crippen LogP contribution in [0.2, 0.25) is 0 Å². The van der Waals surface area contributed by atoms with Crippen LogP contribution in [-0.4, -0.2) is 0 Å². The Balaban J connectivity index is 4.63. The zero-order valence-electron chi connectivity index (χ0n) is 13.7. The summed E-state index contributed by atoms with van der Waals surface area (Å²) in [6.45, 7) is 16.9. The lowest BCUT2D eigenvalue weighted by atomic mass is 9.81. The van der Waals surface area contributed by atoms with Crippen LogP contribution in [0.4, 0.5) is 0 Å². The zero-order valence-corrected chi connectivity index (χ0v) is 13.7. The average Bonchev–Trinajstić information content (AvgIpc) is 2.36. The van der Waals surface area contributed by atoms with E-state index in [0.717, 1.165) is 18.8 Å². The quantitative estimate of drug-likeness (QED) is 0.287. The maximum absolute atomic E-state index is 3.88. The molecule has 0 saturated carbocycles. The fraction of sp³-hybridized carbons (Fsp3) is 0.684. The van der Waals surface area contributed by atoms with Crippen LogP contribution in [0.15, 0.2) is 37.0 Å². The average molecular weight is 262 g/mol. The maximum atomic E-state index is 3.88. The van der Waals surface area contributed by atoms with Crippen LogP contribution in [0.1, 0.15) is 72.6 Å². The van der Waals surface area contributed by atoms with Crippen molar-refractivity contribution < 1.29 is 0 Å². The van der Waals surface area contributed by atoms with E-state index in [1.54, 1.807) is 5.57 Å². The third kappa shape index (κ3) is 8.08. The SMILES string of the molecule is C=CCCCCC(CC)/C(=C/C(C)(C)CC=C)CC. The van der Waals surface area contributed by atoms with E-state index in [0.29, 0.717) is 0 Å². The molecule has 0 aliphatic carbocycles. The van der Waals surface area contributed by atoms with Crippen molar-refractivity contribution >= 4 is 0 Å². The van der Waals surface area contributed by atoms with Crippen molar-refractivity contribution in [2.24, 2.45) is 11.3 Å². The highest BCUT2D eigenvalue weighted by atomic mass is 14.2. The summed E-state index contributed by atoms with van der Waals surface area (Å²) in [7, 11) is 0. The molecule has 0 rings (SSSR count). The Morgan fingerprint density at radius 2 is 1.79 bits per heavy atom. The number of allylic oxidation sites excluding steroid dienone is 4. The van der Waals surface area contributed by atoms with Gasteiger partial charge < -0.3 is 0 Å². The molecule has 0 aliphatic heterocycles. The van der Waals surface area contributed by atoms with Crippen molar-refractivity contribution in [2.75, 3.05) is 0 Å². The van der Waals surface area contributed by atoms with E-state index in [1.807, 2.05) is 12.2 Å². The second kappa shape index (κ2) is 10.1. The number of hydrogen-bond donors (Lipinski definition) is 0. The molecule has 1 atom stereocenters. The summed E-state index contributed by atoms with van der Waals surface area (Å²) in [4.78, 5) is 0. The largest absolute Gasteiger partial charge is 0.103 e. The van der Waals surface area contributed by atoms with Gasteiger partial charge in [0.15, 0.2) is 0 Å². The van der Waals surface area contributed by atoms with Crippen LogP contribution in [0.5, 0.6) is 0 Å². The molecule has 0 fully saturated rings. The van der Waals surface area contributed by atoms with E-state index in [4.69, 9.17) is 0 Å². The number of rotatable bonds is 11. The molecule has 19 heavy (non-hydrogen) atoms. The van der Waals surface area contributed by atoms with Gasteiger partial charge >= 0.3 is 0 Å². The highest BCUT2D eigenvalue weighted by Crippen LogP contribution is 2.31. The molecule has 110 valence electrons. The fourth-order valence-corrected chi connectivity index (χ4v) is 2.77. The van der Waals surface area contributed by atoms with Gasteiger partial charge in [0.2, 0.25) is 0 Å². The highest BCUT2D eigenvalue weighted by molar-refractivity contribution is 5.12. The lowest BCUT2D eigenvalue weighted by Crippen LogP contribution is -2.11. The molecule has 0 aromatic carbocycles. The van der Waals surface area contributed by atoms with Crippen molar-refractivity contribution in [2.45, 2.75) is 72.6 Å². The molecule has 0 N–H and O–H groups in total. The van der Waals surface area contributed by atoms with Gasteiger partial charge in [-0.25, -0.2) is 0 Å². The van der Waals surface area contributed by atoms with Gasteiger partial charge in [0, 0.05) is 0 Å². The number of unbranched alkanes of at least 4 members (excludes halogenated alkanes) is 2. The van der Waals surface area contributed by atoms with Crippen molar-refractivity contribution in [1.82, 2.24) is 0 Å². The Labute approximate surface area is 121 Å². The van der Waals surface area contributed by atoms with Crippen LogP contribution in [0, 0.1) is 11.3 Å². The first-order valence-corrected chi connectivity index (χ1v) is 7.94. The molecule has 0 heteroatoms. The van der Waals surface area contributed by atoms with E-state index in [-0.39, 0.29) is 5.41 Å². The molecule has 0 heterocycles. The van der Waals surface area contributed by atoms with Crippen LogP contribution >= 0.6 is 0 Å². The highest BCUT2D eigenvalue weighted by Gasteiger charge is 2.17. The summed E-state index contributed by atoms with van der Waals surface area (Å²) in [6.07, 6.45) is 15.2. The monoisotopic (exact) mass is 262 g/mol. The lowest BCUT2D eigenvalue weighted by Gasteiger charge is -2.25. The third-order valence-corrected chi connectivity index (χ3v) is 3.88. The predicted octanol–water partition coefficient (Wildman–Crippen LogP) is 6.70. The second-order valence-electron chi connectivity index (χ2n) is 6.23. The van der Waals surface area contributed by atoms with Crippen LogP contribution in [0.3, 0.4) is 0 Å². The summed E-state index contributed by atoms with van der Waals surface area (Å²) in [6, 6.07) is 0. The van der Waals surface area contributed by atoms with Gasteiger partial charge in [-0.3, -0.25) is 0 Å². The van der Waals surface area contributed by atoms with Gasteiger partial charge in [0.05, 0.1) is 0 Å². The smallest absolute Gasteiger partial charge is 0.0138 e. The molecule has 0 aliphatic rings. The minimum Gasteiger partial charge on any atom is -0.103 e. The van der Waals surface area contributed by atoms with Crippen LogP contribution in [0.25, 0.3) is 0 Å². The van der Waals surface area contributed by atoms with Gasteiger partial charge in [0.1, 0.15) is 0 Å². The number of hydrogen-bond acceptors (Lipinski definition) is 0. The molecule has 0 spiro atoms. The van der Waals surface area contributed by atoms with Crippen molar-refractivity contribution in [3.05, 3.63) is 37.0 Å². The Morgan fingerprint density at radius 1 is 1.11 bits per heavy atom. The lowest BCUT2D eigenvalue weighted by molar-refractivity contribution is 0.452. The van der Waals surface area contributed by atoms with Crippen LogP contribution in [-0.2, 0) is 0 Å². The van der Waals surface area contributed by atoms with Crippen molar-refractivity contribution in [3.63, 3.8) is 0 Å². The first-order valence-electron chi connectivity index (χ1n) is 7.94. The second-order valence-corrected chi connectivity index (χ2v) is 6.23. The van der Waals surface area contributed by atoms with Gasteiger partial charge in [-0.1, -0.05) is 57.9 Å². The zero-order chi connectivity index (χ0) is 14.7. The van der Waals surface area contributed by atoms with Crippen molar-refractivity contribution in [1.29, 1.82) is 0 Å². The Bertz CT molecular complexity index is 280. The van der Waals surface area contributed by atoms with Crippen LogP contribution < -0.4 is 0 Å². The molecule has 0 radical (unpaired) electrons. The van der Waals surface area contributed by atoms with E-state index in [2.05, 4.69) is 46.9 Å². The summed E-state index contributed by atoms with van der Waals surface area (Å²) < 4.78 is 0. The molecule has 0 bridgehead atoms. The Morgan fingerprint density at radius 3 is 2.26 bits per heavy atom. The van der Waals surface area contributed by atoms with E-state index >= 15 is 0 Å². The summed E-state index contributed by atoms with van der Waals surface area (Å²) in [5, 5.41) is 0.